The number of unbranched alkanes of at least 4 members (excludes halogenated alkanes) is 9. The van der Waals surface area contributed by atoms with E-state index in [2.05, 4.69) is 5.32 Å². The molecular formula is C56H110NO31P3. The number of aliphatic hydroxyl groups excluding tert-OH is 9. The molecule has 0 aromatic carbocycles. The van der Waals surface area contributed by atoms with Crippen molar-refractivity contribution >= 4 is 29.4 Å². The van der Waals surface area contributed by atoms with Gasteiger partial charge in [0.25, 0.3) is 0 Å². The maximum atomic E-state index is 12.6. The van der Waals surface area contributed by atoms with Crippen molar-refractivity contribution < 1.29 is 149 Å². The Kier molecular flexibility index (Phi) is 42.3. The molecule has 1 amide bonds. The second kappa shape index (κ2) is 45.6. The molecule has 0 saturated carbocycles. The normalized spacial score (nSPS) is 30.0. The molecule has 0 spiro atoms. The second-order valence-corrected chi connectivity index (χ2v) is 27.9. The van der Waals surface area contributed by atoms with Crippen LogP contribution in [-0.4, -0.2) is 265 Å². The molecule has 3 saturated heterocycles. The number of rotatable bonds is 53. The van der Waals surface area contributed by atoms with Gasteiger partial charge in [0.15, 0.2) is 18.9 Å². The molecule has 0 radical (unpaired) electrons. The lowest BCUT2D eigenvalue weighted by molar-refractivity contribution is -0.282. The van der Waals surface area contributed by atoms with E-state index in [1.165, 1.54) is 6.92 Å². The maximum Gasteiger partial charge on any atom is 0.472 e. The Bertz CT molecular complexity index is 1970. The van der Waals surface area contributed by atoms with Crippen molar-refractivity contribution in [3.8, 4) is 0 Å². The van der Waals surface area contributed by atoms with Gasteiger partial charge in [0.1, 0.15) is 48.8 Å². The number of phosphoric acid groups is 3. The Hall–Kier alpha value is -0.920. The third-order valence-electron chi connectivity index (χ3n) is 15.8. The van der Waals surface area contributed by atoms with E-state index in [1.54, 1.807) is 13.8 Å². The summed E-state index contributed by atoms with van der Waals surface area (Å²) in [6.45, 7) is 7.81. The van der Waals surface area contributed by atoms with Gasteiger partial charge < -0.3 is 109 Å². The molecule has 91 heavy (non-hydrogen) atoms. The van der Waals surface area contributed by atoms with Crippen LogP contribution in [0.4, 0.5) is 0 Å². The number of hydrogen-bond acceptors (Lipinski definition) is 28. The van der Waals surface area contributed by atoms with Crippen molar-refractivity contribution in [2.45, 2.75) is 211 Å². The van der Waals surface area contributed by atoms with Gasteiger partial charge in [-0.2, -0.15) is 0 Å². The third kappa shape index (κ3) is 32.5. The van der Waals surface area contributed by atoms with E-state index in [9.17, 15) is 79.1 Å². The smallest absolute Gasteiger partial charge is 0.394 e. The highest BCUT2D eigenvalue weighted by Crippen LogP contribution is 2.45. The highest BCUT2D eigenvalue weighted by molar-refractivity contribution is 7.47. The van der Waals surface area contributed by atoms with Gasteiger partial charge in [-0.05, 0) is 63.7 Å². The van der Waals surface area contributed by atoms with Crippen LogP contribution in [0.3, 0.4) is 0 Å². The number of nitrogens with one attached hydrogen (secondary N) is 1. The molecule has 3 aliphatic heterocycles. The molecule has 0 aromatic heterocycles. The number of ether oxygens (including phenoxy) is 9. The Morgan fingerprint density at radius 1 is 0.418 bits per heavy atom. The van der Waals surface area contributed by atoms with E-state index in [4.69, 9.17) is 69.8 Å². The van der Waals surface area contributed by atoms with Crippen LogP contribution in [0, 0.1) is 23.2 Å². The fraction of sp³-hybridized carbons (Fsp3) is 0.982. The summed E-state index contributed by atoms with van der Waals surface area (Å²) in [7, 11) is -13.2. The first-order valence-corrected chi connectivity index (χ1v) is 36.3. The lowest BCUT2D eigenvalue weighted by Gasteiger charge is -2.42. The van der Waals surface area contributed by atoms with Crippen LogP contribution in [0.5, 0.6) is 0 Å². The van der Waals surface area contributed by atoms with Gasteiger partial charge in [0, 0.05) is 63.8 Å². The van der Waals surface area contributed by atoms with Gasteiger partial charge in [0.05, 0.1) is 91.5 Å². The molecular weight excluding hydrogens is 1280 g/mol. The summed E-state index contributed by atoms with van der Waals surface area (Å²) in [4.78, 5) is 42.5. The summed E-state index contributed by atoms with van der Waals surface area (Å²) in [6.07, 6.45) is -5.46. The SMILES string of the molecule is CC(=O)N[C@H]1C(O)[C@@H](O)C(CO)O[C@H]1OCCCCCCOP(=O)(O)OCCCOCC(COCCCOP(=O)(O)OCCCCCCO[C@@H]1OC(CO)[C@H](O)C(O)[C@@H]1C)(COCCCOP(=O)(O)OCCCCCCO[C@@H]1OC(CO)[C@H](O)C(O)[C@@H]1C)C(C)C. The number of carbonyl (C=O) groups excluding carboxylic acids is 1. The summed E-state index contributed by atoms with van der Waals surface area (Å²) >= 11 is 0. The monoisotopic (exact) mass is 1390 g/mol. The molecule has 13 N–H and O–H groups in total. The van der Waals surface area contributed by atoms with Gasteiger partial charge in [-0.15, -0.1) is 0 Å². The van der Waals surface area contributed by atoms with Gasteiger partial charge in [-0.1, -0.05) is 66.2 Å². The minimum absolute atomic E-state index is 0.0298. The molecule has 0 aromatic rings. The van der Waals surface area contributed by atoms with Crippen molar-refractivity contribution in [2.75, 3.05) is 119 Å². The molecule has 0 bridgehead atoms. The van der Waals surface area contributed by atoms with Crippen LogP contribution >= 0.6 is 23.5 Å². The molecule has 0 aliphatic carbocycles. The van der Waals surface area contributed by atoms with E-state index in [-0.39, 0.29) is 111 Å². The number of aliphatic hydroxyl groups is 9. The van der Waals surface area contributed by atoms with Crippen molar-refractivity contribution in [3.63, 3.8) is 0 Å². The minimum atomic E-state index is -4.41. The zero-order chi connectivity index (χ0) is 67.5. The Balaban J connectivity index is 1.38. The van der Waals surface area contributed by atoms with E-state index >= 15 is 0 Å². The molecule has 3 aliphatic rings. The van der Waals surface area contributed by atoms with Crippen LogP contribution in [0.25, 0.3) is 0 Å². The maximum absolute atomic E-state index is 12.6. The van der Waals surface area contributed by atoms with Gasteiger partial charge in [-0.3, -0.25) is 31.9 Å². The highest BCUT2D eigenvalue weighted by atomic mass is 31.2. The average molecular weight is 1390 g/mol. The molecule has 32 nitrogen and oxygen atoms in total. The van der Waals surface area contributed by atoms with Gasteiger partial charge in [-0.25, -0.2) is 13.7 Å². The van der Waals surface area contributed by atoms with E-state index in [0.717, 1.165) is 0 Å². The van der Waals surface area contributed by atoms with Crippen LogP contribution < -0.4 is 5.32 Å². The minimum Gasteiger partial charge on any atom is -0.394 e. The zero-order valence-corrected chi connectivity index (χ0v) is 56.2. The van der Waals surface area contributed by atoms with Gasteiger partial charge >= 0.3 is 23.5 Å². The lowest BCUT2D eigenvalue weighted by Crippen LogP contribution is -2.64. The van der Waals surface area contributed by atoms with Gasteiger partial charge in [0.2, 0.25) is 5.91 Å². The molecule has 35 heteroatoms. The Morgan fingerprint density at radius 3 is 0.989 bits per heavy atom. The first-order valence-electron chi connectivity index (χ1n) is 31.8. The molecule has 3 heterocycles. The molecule has 3 rings (SSSR count). The van der Waals surface area contributed by atoms with E-state index < -0.39 is 146 Å². The zero-order valence-electron chi connectivity index (χ0n) is 53.5. The predicted octanol–water partition coefficient (Wildman–Crippen LogP) is 2.07. The standard InChI is InChI=1S/C56H110NO31P3/c1-39(2)56(36-74-21-18-30-83-89(68,69)80-27-15-9-6-12-24-77-53-40(3)47(62)49(64)43(33-58)86-53,37-75-22-19-31-84-90(70,71)81-28-16-10-7-13-25-78-54-41(4)48(63)50(65)44(34-59)87-54)38-76-23-20-32-85-91(72,73)82-29-17-11-8-14-26-79-55-46(57-42(5)61)52(67)51(66)45(35-60)88-55/h39-41,43-55,58-60,62-67H,6-38H2,1-5H3,(H,57,61)(H,68,69)(H,70,71)(H,72,73)/t40-,41-,43?,44?,45?,46-,47?,48?,49-,50-,51-,52?,53+,54+,55+,56?/m0/s1. The molecule has 18 atom stereocenters. The Labute approximate surface area is 534 Å². The summed E-state index contributed by atoms with van der Waals surface area (Å²) < 4.78 is 121. The predicted molar refractivity (Wildman–Crippen MR) is 321 cm³/mol. The van der Waals surface area contributed by atoms with Crippen LogP contribution in [0.1, 0.15) is 131 Å². The first-order chi connectivity index (χ1) is 43.2. The first kappa shape index (κ1) is 84.3. The fourth-order valence-electron chi connectivity index (χ4n) is 9.83. The Morgan fingerprint density at radius 2 is 0.692 bits per heavy atom. The van der Waals surface area contributed by atoms with Crippen molar-refractivity contribution in [2.24, 2.45) is 23.2 Å². The topological polar surface area (TPSA) is 462 Å². The average Bonchev–Trinajstić information content (AvgIpc) is 0.919. The molecule has 3 fully saturated rings. The van der Waals surface area contributed by atoms with E-state index in [0.29, 0.717) is 90.3 Å². The fourth-order valence-corrected chi connectivity index (χ4v) is 12.2. The van der Waals surface area contributed by atoms with Crippen molar-refractivity contribution in [1.82, 2.24) is 5.32 Å². The summed E-state index contributed by atoms with van der Waals surface area (Å²) in [5.41, 5.74) is -0.769. The van der Waals surface area contributed by atoms with E-state index in [1.807, 2.05) is 13.8 Å². The summed E-state index contributed by atoms with van der Waals surface area (Å²) in [6, 6.07) is -1.06. The van der Waals surface area contributed by atoms with Crippen LogP contribution in [0.15, 0.2) is 0 Å². The quantitative estimate of drug-likeness (QED) is 0.0306. The lowest BCUT2D eigenvalue weighted by atomic mass is 9.79. The highest BCUT2D eigenvalue weighted by Gasteiger charge is 2.46. The second-order valence-electron chi connectivity index (χ2n) is 23.6. The van der Waals surface area contributed by atoms with Crippen LogP contribution in [-0.2, 0) is 88.3 Å². The number of hydrogen-bond donors (Lipinski definition) is 13. The largest absolute Gasteiger partial charge is 0.472 e. The third-order valence-corrected chi connectivity index (χ3v) is 18.9. The number of carbonyl (C=O) groups is 1. The number of amides is 1. The number of phosphoric ester groups is 3. The van der Waals surface area contributed by atoms with Crippen molar-refractivity contribution in [3.05, 3.63) is 0 Å². The van der Waals surface area contributed by atoms with Crippen molar-refractivity contribution in [1.29, 1.82) is 0 Å². The molecule has 540 valence electrons. The molecule has 9 unspecified atom stereocenters. The summed E-state index contributed by atoms with van der Waals surface area (Å²) in [5, 5.41) is 92.0. The summed E-state index contributed by atoms with van der Waals surface area (Å²) in [5.74, 6) is -1.59. The van der Waals surface area contributed by atoms with Crippen LogP contribution in [0.2, 0.25) is 0 Å².